The molecule has 0 bridgehead atoms. The van der Waals surface area contributed by atoms with Crippen LogP contribution in [0.5, 0.6) is 0 Å². The smallest absolute Gasteiger partial charge is 0.338 e. The number of carbonyl (C=O) groups excluding carboxylic acids is 3. The molecular formula is C27H24FN5O6. The number of carbonyl (C=O) groups is 3. The van der Waals surface area contributed by atoms with Gasteiger partial charge in [0.05, 0.1) is 11.3 Å². The second kappa shape index (κ2) is 10.6. The van der Waals surface area contributed by atoms with Crippen LogP contribution < -0.4 is 11.1 Å². The maximum absolute atomic E-state index is 15.8. The molecule has 1 saturated heterocycles. The van der Waals surface area contributed by atoms with Crippen molar-refractivity contribution in [3.05, 3.63) is 95.9 Å². The van der Waals surface area contributed by atoms with Gasteiger partial charge >= 0.3 is 11.9 Å². The molecule has 2 aromatic carbocycles. The van der Waals surface area contributed by atoms with Gasteiger partial charge in [-0.15, -0.1) is 0 Å². The molecule has 2 aromatic heterocycles. The summed E-state index contributed by atoms with van der Waals surface area (Å²) in [7, 11) is 0. The molecule has 0 spiro atoms. The van der Waals surface area contributed by atoms with Gasteiger partial charge in [0.2, 0.25) is 0 Å². The third-order valence-corrected chi connectivity index (χ3v) is 6.18. The monoisotopic (exact) mass is 533 g/mol. The molecule has 0 aliphatic carbocycles. The summed E-state index contributed by atoms with van der Waals surface area (Å²) in [5.74, 6) is -1.70. The van der Waals surface area contributed by atoms with Crippen molar-refractivity contribution >= 4 is 29.2 Å². The van der Waals surface area contributed by atoms with E-state index in [0.717, 1.165) is 6.92 Å². The van der Waals surface area contributed by atoms with Crippen LogP contribution >= 0.6 is 0 Å². The van der Waals surface area contributed by atoms with Gasteiger partial charge in [0.1, 0.15) is 24.6 Å². The molecule has 39 heavy (non-hydrogen) atoms. The number of esters is 2. The SMILES string of the molecule is CC(=O)O[C@H]1[C@@H](F)[C@H](c2ccc3c(NC(=O)c4ccccc4)ncnn23)O[C@]1(N)COC(=O)c1ccccc1. The molecule has 0 unspecified atom stereocenters. The number of alkyl halides is 1. The Morgan fingerprint density at radius 2 is 1.72 bits per heavy atom. The maximum atomic E-state index is 15.8. The third-order valence-electron chi connectivity index (χ3n) is 6.18. The molecule has 1 amide bonds. The topological polar surface area (TPSA) is 147 Å². The van der Waals surface area contributed by atoms with Gasteiger partial charge in [0.25, 0.3) is 5.91 Å². The number of nitrogens with one attached hydrogen (secondary N) is 1. The van der Waals surface area contributed by atoms with Crippen LogP contribution in [0, 0.1) is 0 Å². The number of aromatic nitrogens is 3. The van der Waals surface area contributed by atoms with Crippen LogP contribution in [0.3, 0.4) is 0 Å². The van der Waals surface area contributed by atoms with E-state index in [4.69, 9.17) is 19.9 Å². The number of halogens is 1. The molecular weight excluding hydrogens is 509 g/mol. The fourth-order valence-corrected chi connectivity index (χ4v) is 4.35. The van der Waals surface area contributed by atoms with E-state index in [0.29, 0.717) is 11.1 Å². The Kier molecular flexibility index (Phi) is 7.05. The zero-order valence-corrected chi connectivity index (χ0v) is 20.7. The Labute approximate surface area is 221 Å². The van der Waals surface area contributed by atoms with E-state index < -0.39 is 48.6 Å². The van der Waals surface area contributed by atoms with Gasteiger partial charge in [0, 0.05) is 12.5 Å². The molecule has 12 heteroatoms. The second-order valence-corrected chi connectivity index (χ2v) is 8.89. The number of fused-ring (bicyclic) bond motifs is 1. The summed E-state index contributed by atoms with van der Waals surface area (Å²) in [4.78, 5) is 41.1. The summed E-state index contributed by atoms with van der Waals surface area (Å²) in [6.45, 7) is 0.518. The first-order valence-electron chi connectivity index (χ1n) is 12.0. The van der Waals surface area contributed by atoms with Crippen LogP contribution in [0.2, 0.25) is 0 Å². The zero-order valence-electron chi connectivity index (χ0n) is 20.7. The molecule has 3 N–H and O–H groups in total. The minimum Gasteiger partial charge on any atom is -0.457 e. The van der Waals surface area contributed by atoms with Crippen LogP contribution in [0.15, 0.2) is 79.1 Å². The Morgan fingerprint density at radius 1 is 1.05 bits per heavy atom. The van der Waals surface area contributed by atoms with Crippen LogP contribution in [0.4, 0.5) is 10.2 Å². The van der Waals surface area contributed by atoms with E-state index in [9.17, 15) is 14.4 Å². The minimum atomic E-state index is -2.00. The van der Waals surface area contributed by atoms with E-state index in [2.05, 4.69) is 15.4 Å². The molecule has 4 aromatic rings. The highest BCUT2D eigenvalue weighted by atomic mass is 19.1. The molecule has 1 fully saturated rings. The molecule has 11 nitrogen and oxygen atoms in total. The first-order chi connectivity index (χ1) is 18.8. The van der Waals surface area contributed by atoms with Crippen molar-refractivity contribution in [1.29, 1.82) is 0 Å². The number of nitrogens with two attached hydrogens (primary N) is 1. The highest BCUT2D eigenvalue weighted by Gasteiger charge is 2.58. The molecule has 5 rings (SSSR count). The van der Waals surface area contributed by atoms with Crippen LogP contribution in [-0.4, -0.2) is 57.1 Å². The molecule has 0 saturated carbocycles. The summed E-state index contributed by atoms with van der Waals surface area (Å²) in [6, 6.07) is 19.8. The predicted octanol–water partition coefficient (Wildman–Crippen LogP) is 2.83. The Morgan fingerprint density at radius 3 is 2.38 bits per heavy atom. The normalized spacial score (nSPS) is 22.4. The Bertz CT molecular complexity index is 1520. The van der Waals surface area contributed by atoms with E-state index in [1.54, 1.807) is 66.7 Å². The lowest BCUT2D eigenvalue weighted by Crippen LogP contribution is -2.56. The lowest BCUT2D eigenvalue weighted by atomic mass is 10.0. The first-order valence-corrected chi connectivity index (χ1v) is 12.0. The highest BCUT2D eigenvalue weighted by Crippen LogP contribution is 2.42. The molecule has 4 atom stereocenters. The Hall–Kier alpha value is -4.68. The van der Waals surface area contributed by atoms with Crippen molar-refractivity contribution in [1.82, 2.24) is 14.6 Å². The average molecular weight is 534 g/mol. The number of rotatable bonds is 7. The molecule has 0 radical (unpaired) electrons. The number of hydrogen-bond donors (Lipinski definition) is 2. The number of hydrogen-bond acceptors (Lipinski definition) is 9. The van der Waals surface area contributed by atoms with Crippen molar-refractivity contribution in [3.63, 3.8) is 0 Å². The van der Waals surface area contributed by atoms with Gasteiger partial charge < -0.3 is 19.5 Å². The molecule has 1 aliphatic heterocycles. The third kappa shape index (κ3) is 5.19. The number of amides is 1. The van der Waals surface area contributed by atoms with Gasteiger partial charge in [-0.25, -0.2) is 18.7 Å². The van der Waals surface area contributed by atoms with Gasteiger partial charge in [0.15, 0.2) is 23.8 Å². The van der Waals surface area contributed by atoms with E-state index in [1.165, 1.54) is 16.9 Å². The number of benzene rings is 2. The van der Waals surface area contributed by atoms with Gasteiger partial charge in [-0.2, -0.15) is 5.10 Å². The average Bonchev–Trinajstić information content (AvgIpc) is 3.48. The lowest BCUT2D eigenvalue weighted by Gasteiger charge is -2.29. The van der Waals surface area contributed by atoms with E-state index >= 15 is 4.39 Å². The summed E-state index contributed by atoms with van der Waals surface area (Å²) in [6.07, 6.45) is -3.69. The fraction of sp³-hybridized carbons (Fsp3) is 0.222. The van der Waals surface area contributed by atoms with Crippen molar-refractivity contribution < 1.29 is 33.0 Å². The number of ether oxygens (including phenoxy) is 3. The second-order valence-electron chi connectivity index (χ2n) is 8.89. The summed E-state index contributed by atoms with van der Waals surface area (Å²) < 4.78 is 33.6. The van der Waals surface area contributed by atoms with Crippen LogP contribution in [-0.2, 0) is 19.0 Å². The zero-order chi connectivity index (χ0) is 27.6. The van der Waals surface area contributed by atoms with E-state index in [-0.39, 0.29) is 17.1 Å². The standard InChI is InChI=1S/C27H24FN5O6/c1-16(34)38-23-21(28)22(39-27(23,29)14-37-26(36)18-10-6-3-7-11-18)19-12-13-20-24(30-15-31-33(19)20)32-25(35)17-8-4-2-5-9-17/h2-13,15,21-23H,14,29H2,1H3,(H,30,31,32,35)/t21-,22-,23-,27+/m0/s1. The highest BCUT2D eigenvalue weighted by molar-refractivity contribution is 6.05. The first kappa shape index (κ1) is 25.9. The summed E-state index contributed by atoms with van der Waals surface area (Å²) in [5, 5.41) is 6.90. The fourth-order valence-electron chi connectivity index (χ4n) is 4.35. The molecule has 200 valence electrons. The quantitative estimate of drug-likeness (QED) is 0.342. The summed E-state index contributed by atoms with van der Waals surface area (Å²) in [5.41, 5.74) is 5.62. The lowest BCUT2D eigenvalue weighted by molar-refractivity contribution is -0.164. The van der Waals surface area contributed by atoms with Gasteiger partial charge in [-0.3, -0.25) is 15.3 Å². The molecule has 3 heterocycles. The summed E-state index contributed by atoms with van der Waals surface area (Å²) >= 11 is 0. The van der Waals surface area contributed by atoms with Crippen molar-refractivity contribution in [2.45, 2.75) is 31.0 Å². The largest absolute Gasteiger partial charge is 0.457 e. The number of anilines is 1. The van der Waals surface area contributed by atoms with E-state index in [1.807, 2.05) is 0 Å². The van der Waals surface area contributed by atoms with Gasteiger partial charge in [-0.1, -0.05) is 36.4 Å². The van der Waals surface area contributed by atoms with Crippen molar-refractivity contribution in [2.24, 2.45) is 5.73 Å². The number of nitrogens with zero attached hydrogens (tertiary/aromatic N) is 3. The minimum absolute atomic E-state index is 0.186. The van der Waals surface area contributed by atoms with Crippen LogP contribution in [0.1, 0.15) is 39.4 Å². The predicted molar refractivity (Wildman–Crippen MR) is 135 cm³/mol. The van der Waals surface area contributed by atoms with Crippen molar-refractivity contribution in [3.8, 4) is 0 Å². The van der Waals surface area contributed by atoms with Crippen molar-refractivity contribution in [2.75, 3.05) is 11.9 Å². The molecule has 1 aliphatic rings. The Balaban J connectivity index is 1.41. The maximum Gasteiger partial charge on any atom is 0.338 e. The van der Waals surface area contributed by atoms with Crippen LogP contribution in [0.25, 0.3) is 5.52 Å². The van der Waals surface area contributed by atoms with Gasteiger partial charge in [-0.05, 0) is 36.4 Å².